The molecule has 7 fully saturated rings. The summed E-state index contributed by atoms with van der Waals surface area (Å²) in [5.41, 5.74) is 8.09. The Labute approximate surface area is 644 Å². The zero-order valence-corrected chi connectivity index (χ0v) is 66.6. The number of rotatable bonds is 22. The molecule has 574 valence electrons. The van der Waals surface area contributed by atoms with Gasteiger partial charge in [0.15, 0.2) is 0 Å². The van der Waals surface area contributed by atoms with Crippen molar-refractivity contribution in [3.63, 3.8) is 0 Å². The van der Waals surface area contributed by atoms with Gasteiger partial charge in [-0.25, -0.2) is 9.97 Å². The molecular formula is C88H119N11O6S2. The van der Waals surface area contributed by atoms with Gasteiger partial charge in [0, 0.05) is 66.6 Å². The second-order valence-electron chi connectivity index (χ2n) is 31.9. The maximum Gasteiger partial charge on any atom is 0.246 e. The summed E-state index contributed by atoms with van der Waals surface area (Å²) in [5, 5.41) is 26.6. The highest BCUT2D eigenvalue weighted by atomic mass is 32.1. The van der Waals surface area contributed by atoms with Crippen LogP contribution in [0.25, 0.3) is 44.1 Å². The lowest BCUT2D eigenvalue weighted by atomic mass is 9.82. The molecule has 4 aliphatic heterocycles. The van der Waals surface area contributed by atoms with E-state index in [1.807, 2.05) is 37.5 Å². The van der Waals surface area contributed by atoms with Crippen LogP contribution in [0.15, 0.2) is 114 Å². The van der Waals surface area contributed by atoms with Crippen molar-refractivity contribution in [1.29, 1.82) is 0 Å². The van der Waals surface area contributed by atoms with Crippen LogP contribution in [-0.2, 0) is 35.2 Å². The lowest BCUT2D eigenvalue weighted by molar-refractivity contribution is -0.141. The molecule has 3 aliphatic carbocycles. The maximum atomic E-state index is 14.0. The van der Waals surface area contributed by atoms with Crippen LogP contribution in [0.1, 0.15) is 208 Å². The van der Waals surface area contributed by atoms with E-state index in [1.54, 1.807) is 36.8 Å². The van der Waals surface area contributed by atoms with Crippen molar-refractivity contribution in [3.8, 4) is 22.5 Å². The number of carbonyl (C=O) groups excluding carboxylic acids is 6. The van der Waals surface area contributed by atoms with Gasteiger partial charge in [0.25, 0.3) is 0 Å². The standard InChI is InChI=1S/2C30H38N4O2S.C28H43N3O2/c2*1-19-15-16-24(23-13-8-7-12-22(19)23)25-18-37-29(32-25)26-14-9-17-34(26)30(36)27(21-10-5-4-6-11-21)33-28(35)20(2)31-3;1-3-21(2)27(32)29-26(24-12-8-5-9-13-24)28(33)31-19-16-23-15-18-30(20-25(23)31)17-14-22-10-6-4-7-11-22/h2*7-8,12-13,15-16,18,20-21,26-27,31H,4-6,9-11,14,17H2,1-3H3,(H,33,35);4,6-7,10-11,21,23-26H,3,5,8-9,12-20H2,1-2H3,(H,29,32)/t20-,26-,27?;20-,26-,27-;21-,23-,25-,26+/m011/s1. The van der Waals surface area contributed by atoms with Crippen LogP contribution in [0.2, 0.25) is 0 Å². The Bertz CT molecular complexity index is 3930. The number of nitrogens with one attached hydrogen (secondary N) is 5. The first-order valence-electron chi connectivity index (χ1n) is 40.8. The number of amides is 6. The summed E-state index contributed by atoms with van der Waals surface area (Å²) < 4.78 is 0. The first-order chi connectivity index (χ1) is 52.0. The van der Waals surface area contributed by atoms with Crippen LogP contribution in [0.4, 0.5) is 0 Å². The fraction of sp³-hybridized carbons (Fsp3) is 0.568. The van der Waals surface area contributed by atoms with Crippen LogP contribution in [0.3, 0.4) is 0 Å². The molecule has 6 amide bonds. The smallest absolute Gasteiger partial charge is 0.246 e. The molecule has 17 nitrogen and oxygen atoms in total. The van der Waals surface area contributed by atoms with E-state index in [9.17, 15) is 28.8 Å². The number of benzene rings is 5. The molecule has 5 N–H and O–H groups in total. The number of aromatic nitrogens is 2. The third-order valence-corrected chi connectivity index (χ3v) is 27.0. The molecule has 4 saturated heterocycles. The van der Waals surface area contributed by atoms with Gasteiger partial charge in [0.2, 0.25) is 35.4 Å². The van der Waals surface area contributed by atoms with Gasteiger partial charge in [-0.05, 0) is 200 Å². The number of likely N-dealkylation sites (tertiary alicyclic amines) is 4. The summed E-state index contributed by atoms with van der Waals surface area (Å²) in [7, 11) is 3.55. The quantitative estimate of drug-likeness (QED) is 0.0432. The molecule has 5 aromatic carbocycles. The monoisotopic (exact) mass is 1490 g/mol. The average Bonchev–Trinajstić information content (AvgIpc) is 1.72. The Morgan fingerprint density at radius 3 is 1.31 bits per heavy atom. The highest BCUT2D eigenvalue weighted by molar-refractivity contribution is 7.10. The molecule has 3 saturated carbocycles. The van der Waals surface area contributed by atoms with Crippen LogP contribution in [0, 0.1) is 43.4 Å². The number of nitrogens with zero attached hydrogens (tertiary/aromatic N) is 6. The maximum absolute atomic E-state index is 14.0. The molecule has 0 radical (unpaired) electrons. The molecule has 2 aromatic heterocycles. The summed E-state index contributed by atoms with van der Waals surface area (Å²) in [4.78, 5) is 99.3. The fourth-order valence-electron chi connectivity index (χ4n) is 18.0. The lowest BCUT2D eigenvalue weighted by Gasteiger charge is -2.41. The largest absolute Gasteiger partial charge is 0.344 e. The lowest BCUT2D eigenvalue weighted by Crippen LogP contribution is -2.57. The molecular weight excluding hydrogens is 1370 g/mol. The van der Waals surface area contributed by atoms with Gasteiger partial charge in [-0.3, -0.25) is 28.8 Å². The third-order valence-electron chi connectivity index (χ3n) is 25.1. The van der Waals surface area contributed by atoms with E-state index in [4.69, 9.17) is 9.97 Å². The van der Waals surface area contributed by atoms with E-state index in [-0.39, 0.29) is 89.3 Å². The molecule has 14 rings (SSSR count). The average molecular weight is 1490 g/mol. The Kier molecular flexibility index (Phi) is 28.0. The summed E-state index contributed by atoms with van der Waals surface area (Å²) in [5.74, 6) is 1.39. The van der Waals surface area contributed by atoms with Crippen LogP contribution in [-0.4, -0.2) is 155 Å². The number of thiazole rings is 2. The highest BCUT2D eigenvalue weighted by Gasteiger charge is 2.46. The molecule has 0 bridgehead atoms. The molecule has 107 heavy (non-hydrogen) atoms. The first kappa shape index (κ1) is 79.1. The second kappa shape index (κ2) is 37.8. The van der Waals surface area contributed by atoms with Crippen molar-refractivity contribution < 1.29 is 28.8 Å². The predicted molar refractivity (Wildman–Crippen MR) is 434 cm³/mol. The van der Waals surface area contributed by atoms with Gasteiger partial charge >= 0.3 is 0 Å². The van der Waals surface area contributed by atoms with Crippen LogP contribution in [0.5, 0.6) is 0 Å². The van der Waals surface area contributed by atoms with Gasteiger partial charge in [0.05, 0.1) is 35.6 Å². The molecule has 7 aromatic rings. The Hall–Kier alpha value is -7.42. The SMILES string of the molecule is CC[C@@H](C)C(=O)N[C@H](C(=O)N1CC[C@H]2CCN(CCc3ccccc3)C[C@H]21)C1CCCCC1.CN[C@@H](C)C(=O)NC(C(=O)N1CCC[C@H]1c1nc(-c2ccc(C)c3ccccc23)cs1)C1CCCCC1.CN[C@H](C)C(=O)N[C@@H](C(=O)N1CCC[C@@H]1c1nc(-c2ccc(C)c3ccccc23)cs1)C1CCCCC1. The number of piperidine rings is 1. The number of hydrogen-bond acceptors (Lipinski definition) is 13. The van der Waals surface area contributed by atoms with E-state index in [0.29, 0.717) is 25.0 Å². The molecule has 6 heterocycles. The third kappa shape index (κ3) is 19.1. The predicted octanol–water partition coefficient (Wildman–Crippen LogP) is 15.5. The number of carbonyl (C=O) groups is 6. The van der Waals surface area contributed by atoms with Crippen molar-refractivity contribution in [3.05, 3.63) is 141 Å². The highest BCUT2D eigenvalue weighted by Crippen LogP contribution is 2.43. The van der Waals surface area contributed by atoms with E-state index in [1.165, 1.54) is 76.8 Å². The summed E-state index contributed by atoms with van der Waals surface area (Å²) >= 11 is 3.29. The molecule has 1 unspecified atom stereocenters. The number of fused-ring (bicyclic) bond motifs is 3. The topological polar surface area (TPSA) is 201 Å². The second-order valence-corrected chi connectivity index (χ2v) is 33.7. The minimum Gasteiger partial charge on any atom is -0.344 e. The Morgan fingerprint density at radius 1 is 0.458 bits per heavy atom. The summed E-state index contributed by atoms with van der Waals surface area (Å²) in [6.45, 7) is 17.4. The van der Waals surface area contributed by atoms with Crippen molar-refractivity contribution in [2.24, 2.45) is 29.6 Å². The number of likely N-dealkylation sites (N-methyl/N-ethyl adjacent to an activating group) is 2. The van der Waals surface area contributed by atoms with Crippen molar-refractivity contribution in [1.82, 2.24) is 56.2 Å². The molecule has 0 spiro atoms. The molecule has 10 atom stereocenters. The van der Waals surface area contributed by atoms with Gasteiger partial charge < -0.3 is 46.2 Å². The zero-order valence-electron chi connectivity index (χ0n) is 64.9. The van der Waals surface area contributed by atoms with Crippen molar-refractivity contribution in [2.75, 3.05) is 53.4 Å². The van der Waals surface area contributed by atoms with Crippen molar-refractivity contribution >= 4 is 79.7 Å². The van der Waals surface area contributed by atoms with Gasteiger partial charge in [0.1, 0.15) is 28.1 Å². The van der Waals surface area contributed by atoms with Crippen LogP contribution < -0.4 is 26.6 Å². The Balaban J connectivity index is 0.000000150. The van der Waals surface area contributed by atoms with Crippen LogP contribution >= 0.6 is 22.7 Å². The Morgan fingerprint density at radius 2 is 0.869 bits per heavy atom. The summed E-state index contributed by atoms with van der Waals surface area (Å²) in [6, 6.07) is 34.5. The first-order valence-corrected chi connectivity index (χ1v) is 42.6. The van der Waals surface area contributed by atoms with E-state index < -0.39 is 12.1 Å². The van der Waals surface area contributed by atoms with E-state index >= 15 is 0 Å². The normalized spacial score (nSPS) is 22.0. The minimum absolute atomic E-state index is 0.0346. The molecule has 19 heteroatoms. The van der Waals surface area contributed by atoms with Gasteiger partial charge in [-0.1, -0.05) is 175 Å². The van der Waals surface area contributed by atoms with E-state index in [2.05, 4.69) is 164 Å². The molecule has 7 aliphatic rings. The number of hydrogen-bond donors (Lipinski definition) is 5. The van der Waals surface area contributed by atoms with Gasteiger partial charge in [-0.2, -0.15) is 0 Å². The van der Waals surface area contributed by atoms with E-state index in [0.717, 1.165) is 168 Å². The van der Waals surface area contributed by atoms with Gasteiger partial charge in [-0.15, -0.1) is 22.7 Å². The number of aryl methyl sites for hydroxylation is 2. The zero-order chi connectivity index (χ0) is 75.1. The summed E-state index contributed by atoms with van der Waals surface area (Å²) in [6.07, 6.45) is 24.5. The van der Waals surface area contributed by atoms with Crippen molar-refractivity contribution in [2.45, 2.75) is 238 Å². The minimum atomic E-state index is -0.468. The fourth-order valence-corrected chi connectivity index (χ4v) is 20.0.